The molecule has 1 amide bonds. The highest BCUT2D eigenvalue weighted by Gasteiger charge is 2.39. The van der Waals surface area contributed by atoms with Crippen LogP contribution in [0.15, 0.2) is 5.16 Å². The van der Waals surface area contributed by atoms with E-state index in [1.807, 2.05) is 4.90 Å². The first-order valence-corrected chi connectivity index (χ1v) is 7.36. The van der Waals surface area contributed by atoms with Crippen LogP contribution in [-0.4, -0.2) is 52.8 Å². The van der Waals surface area contributed by atoms with Crippen molar-refractivity contribution in [2.45, 2.75) is 16.9 Å². The van der Waals surface area contributed by atoms with Crippen molar-refractivity contribution in [3.05, 3.63) is 0 Å². The number of piperidine rings is 1. The van der Waals surface area contributed by atoms with Crippen LogP contribution >= 0.6 is 23.5 Å². The van der Waals surface area contributed by atoms with Crippen LogP contribution < -0.4 is 0 Å². The monoisotopic (exact) mass is 260 g/mol. The molecule has 90 valence electrons. The van der Waals surface area contributed by atoms with E-state index in [4.69, 9.17) is 0 Å². The smallest absolute Gasteiger partial charge is 0.268 e. The van der Waals surface area contributed by atoms with Gasteiger partial charge in [-0.1, -0.05) is 5.16 Å². The minimum absolute atomic E-state index is 0.0373. The first-order valence-electron chi connectivity index (χ1n) is 5.39. The van der Waals surface area contributed by atoms with Crippen LogP contribution in [0, 0.1) is 0 Å². The zero-order chi connectivity index (χ0) is 11.4. The molecule has 0 aliphatic carbocycles. The highest BCUT2D eigenvalue weighted by Crippen LogP contribution is 2.50. The Morgan fingerprint density at radius 3 is 2.56 bits per heavy atom. The molecule has 4 nitrogen and oxygen atoms in total. The quantitative estimate of drug-likeness (QED) is 0.556. The molecular weight excluding hydrogens is 244 g/mol. The van der Waals surface area contributed by atoms with Gasteiger partial charge in [-0.05, 0) is 12.8 Å². The van der Waals surface area contributed by atoms with Crippen molar-refractivity contribution >= 4 is 35.6 Å². The van der Waals surface area contributed by atoms with Crippen LogP contribution in [0.1, 0.15) is 12.8 Å². The molecule has 0 saturated carbocycles. The molecule has 2 saturated heterocycles. The fourth-order valence-corrected chi connectivity index (χ4v) is 5.22. The molecule has 0 aromatic carbocycles. The fourth-order valence-electron chi connectivity index (χ4n) is 2.03. The lowest BCUT2D eigenvalue weighted by atomic mass is 10.1. The Hall–Kier alpha value is -0.360. The van der Waals surface area contributed by atoms with Gasteiger partial charge in [0.15, 0.2) is 0 Å². The van der Waals surface area contributed by atoms with Crippen LogP contribution in [0.5, 0.6) is 0 Å². The summed E-state index contributed by atoms with van der Waals surface area (Å²) in [4.78, 5) is 18.0. The Morgan fingerprint density at radius 2 is 2.00 bits per heavy atom. The van der Waals surface area contributed by atoms with E-state index in [1.165, 1.54) is 24.8 Å². The van der Waals surface area contributed by atoms with Crippen molar-refractivity contribution in [1.29, 1.82) is 0 Å². The lowest BCUT2D eigenvalue weighted by Crippen LogP contribution is -2.43. The number of oxime groups is 1. The molecule has 0 unspecified atom stereocenters. The van der Waals surface area contributed by atoms with Gasteiger partial charge < -0.3 is 9.74 Å². The number of likely N-dealkylation sites (tertiary alicyclic amines) is 1. The Morgan fingerprint density at radius 1 is 1.38 bits per heavy atom. The third-order valence-corrected chi connectivity index (χ3v) is 6.57. The molecule has 0 atom stereocenters. The third kappa shape index (κ3) is 2.66. The lowest BCUT2D eigenvalue weighted by molar-refractivity contribution is -0.124. The summed E-state index contributed by atoms with van der Waals surface area (Å²) in [5.41, 5.74) is 0. The van der Waals surface area contributed by atoms with E-state index in [0.29, 0.717) is 4.08 Å². The molecule has 0 bridgehead atoms. The average molecular weight is 260 g/mol. The highest BCUT2D eigenvalue weighted by atomic mass is 32.2. The first kappa shape index (κ1) is 12.1. The van der Waals surface area contributed by atoms with Gasteiger partial charge in [0.1, 0.15) is 13.3 Å². The van der Waals surface area contributed by atoms with E-state index >= 15 is 0 Å². The van der Waals surface area contributed by atoms with Crippen molar-refractivity contribution in [2.75, 3.05) is 31.7 Å². The van der Waals surface area contributed by atoms with Gasteiger partial charge in [0.25, 0.3) is 5.91 Å². The molecular formula is C10H16N2O2S2. The Kier molecular flexibility index (Phi) is 4.02. The van der Waals surface area contributed by atoms with E-state index in [-0.39, 0.29) is 5.91 Å². The summed E-state index contributed by atoms with van der Waals surface area (Å²) in [6.45, 7) is 1.68. The summed E-state index contributed by atoms with van der Waals surface area (Å²) in [6.07, 6.45) is 3.44. The van der Waals surface area contributed by atoms with Crippen molar-refractivity contribution in [3.63, 3.8) is 0 Å². The Balaban J connectivity index is 1.85. The van der Waals surface area contributed by atoms with Crippen LogP contribution in [-0.2, 0) is 9.63 Å². The predicted octanol–water partition coefficient (Wildman–Crippen LogP) is 1.42. The van der Waals surface area contributed by atoms with Gasteiger partial charge in [-0.3, -0.25) is 4.79 Å². The molecule has 0 radical (unpaired) electrons. The number of nitrogens with zero attached hydrogens (tertiary/aromatic N) is 2. The molecule has 2 rings (SSSR count). The number of amides is 1. The van der Waals surface area contributed by atoms with E-state index in [9.17, 15) is 4.79 Å². The van der Waals surface area contributed by atoms with Crippen LogP contribution in [0.25, 0.3) is 0 Å². The molecule has 6 heteroatoms. The van der Waals surface area contributed by atoms with Crippen molar-refractivity contribution in [2.24, 2.45) is 5.16 Å². The van der Waals surface area contributed by atoms with Gasteiger partial charge in [0, 0.05) is 24.6 Å². The standard InChI is InChI=1S/C10H16N2O2S2/c1-14-11-8-9(13)12-4-2-10(3-5-12)15-6-7-16-10/h8H,2-7H2,1H3/b11-8+. The van der Waals surface area contributed by atoms with Crippen LogP contribution in [0.2, 0.25) is 0 Å². The maximum atomic E-state index is 11.6. The minimum atomic E-state index is -0.0373. The summed E-state index contributed by atoms with van der Waals surface area (Å²) in [5, 5.41) is 3.51. The van der Waals surface area contributed by atoms with E-state index in [1.54, 1.807) is 0 Å². The van der Waals surface area contributed by atoms with Crippen LogP contribution in [0.3, 0.4) is 0 Å². The molecule has 0 aromatic heterocycles. The molecule has 1 spiro atoms. The molecule has 2 heterocycles. The number of rotatable bonds is 2. The second-order valence-electron chi connectivity index (χ2n) is 3.85. The predicted molar refractivity (Wildman–Crippen MR) is 69.0 cm³/mol. The van der Waals surface area contributed by atoms with Gasteiger partial charge in [-0.2, -0.15) is 0 Å². The molecule has 16 heavy (non-hydrogen) atoms. The molecule has 0 aromatic rings. The summed E-state index contributed by atoms with van der Waals surface area (Å²) in [6, 6.07) is 0. The largest absolute Gasteiger partial charge is 0.399 e. The van der Waals surface area contributed by atoms with E-state index in [2.05, 4.69) is 33.5 Å². The van der Waals surface area contributed by atoms with Crippen molar-refractivity contribution in [1.82, 2.24) is 4.90 Å². The topological polar surface area (TPSA) is 41.9 Å². The van der Waals surface area contributed by atoms with Gasteiger partial charge in [0.2, 0.25) is 0 Å². The zero-order valence-corrected chi connectivity index (χ0v) is 11.0. The fraction of sp³-hybridized carbons (Fsp3) is 0.800. The normalized spacial score (nSPS) is 24.2. The Labute approximate surface area is 104 Å². The molecule has 2 fully saturated rings. The number of hydrogen-bond acceptors (Lipinski definition) is 5. The minimum Gasteiger partial charge on any atom is -0.399 e. The summed E-state index contributed by atoms with van der Waals surface area (Å²) < 4.78 is 0.398. The number of hydrogen-bond donors (Lipinski definition) is 0. The summed E-state index contributed by atoms with van der Waals surface area (Å²) in [5.74, 6) is 2.47. The van der Waals surface area contributed by atoms with Gasteiger partial charge in [0.05, 0.1) is 4.08 Å². The molecule has 2 aliphatic rings. The SMILES string of the molecule is CO/N=C/C(=O)N1CCC2(CC1)SCCS2. The van der Waals surface area contributed by atoms with Gasteiger partial charge in [-0.25, -0.2) is 0 Å². The third-order valence-electron chi connectivity index (χ3n) is 2.92. The first-order chi connectivity index (χ1) is 7.76. The number of carbonyl (C=O) groups is 1. The maximum absolute atomic E-state index is 11.6. The van der Waals surface area contributed by atoms with Crippen LogP contribution in [0.4, 0.5) is 0 Å². The summed E-state index contributed by atoms with van der Waals surface area (Å²) in [7, 11) is 1.45. The van der Waals surface area contributed by atoms with Gasteiger partial charge >= 0.3 is 0 Å². The number of carbonyl (C=O) groups excluding carboxylic acids is 1. The number of thioether (sulfide) groups is 2. The van der Waals surface area contributed by atoms with Gasteiger partial charge in [-0.15, -0.1) is 23.5 Å². The van der Waals surface area contributed by atoms with E-state index in [0.717, 1.165) is 25.9 Å². The molecule has 0 N–H and O–H groups in total. The average Bonchev–Trinajstić information content (AvgIpc) is 2.75. The second-order valence-corrected chi connectivity index (χ2v) is 7.07. The summed E-state index contributed by atoms with van der Waals surface area (Å²) >= 11 is 4.13. The van der Waals surface area contributed by atoms with Crippen molar-refractivity contribution < 1.29 is 9.63 Å². The lowest BCUT2D eigenvalue weighted by Gasteiger charge is -2.37. The maximum Gasteiger partial charge on any atom is 0.268 e. The highest BCUT2D eigenvalue weighted by molar-refractivity contribution is 8.21. The Bertz CT molecular complexity index is 281. The zero-order valence-electron chi connectivity index (χ0n) is 9.35. The van der Waals surface area contributed by atoms with E-state index < -0.39 is 0 Å². The van der Waals surface area contributed by atoms with Crippen molar-refractivity contribution in [3.8, 4) is 0 Å². The second kappa shape index (κ2) is 5.31. The molecule has 2 aliphatic heterocycles.